The molecule has 18 heavy (non-hydrogen) atoms. The number of halogens is 3. The smallest absolute Gasteiger partial charge is 0.411 e. The molecule has 1 aromatic carbocycles. The molecule has 0 saturated carbocycles. The fourth-order valence-corrected chi connectivity index (χ4v) is 2.31. The lowest BCUT2D eigenvalue weighted by molar-refractivity contribution is -0.208. The molecule has 1 heterocycles. The summed E-state index contributed by atoms with van der Waals surface area (Å²) >= 11 is 0. The number of fused-ring (bicyclic) bond motifs is 1. The van der Waals surface area contributed by atoms with Crippen molar-refractivity contribution in [1.82, 2.24) is 5.32 Å². The molecule has 2 nitrogen and oxygen atoms in total. The van der Waals surface area contributed by atoms with Crippen LogP contribution in [0.2, 0.25) is 0 Å². The van der Waals surface area contributed by atoms with Crippen molar-refractivity contribution in [2.45, 2.75) is 31.5 Å². The van der Waals surface area contributed by atoms with Gasteiger partial charge in [-0.25, -0.2) is 0 Å². The highest BCUT2D eigenvalue weighted by molar-refractivity contribution is 5.42. The van der Waals surface area contributed by atoms with Crippen LogP contribution in [-0.2, 0) is 5.54 Å². The Hall–Kier alpha value is -1.23. The fourth-order valence-electron chi connectivity index (χ4n) is 2.31. The minimum absolute atomic E-state index is 0.0766. The molecule has 2 rings (SSSR count). The summed E-state index contributed by atoms with van der Waals surface area (Å²) in [5, 5.41) is 2.68. The minimum atomic E-state index is -4.33. The number of hydrogen-bond donors (Lipinski definition) is 1. The van der Waals surface area contributed by atoms with Crippen molar-refractivity contribution in [3.8, 4) is 5.75 Å². The molecule has 0 bridgehead atoms. The summed E-state index contributed by atoms with van der Waals surface area (Å²) in [6.45, 7) is 2.25. The van der Waals surface area contributed by atoms with Crippen LogP contribution in [0.15, 0.2) is 24.3 Å². The van der Waals surface area contributed by atoms with Gasteiger partial charge in [0, 0.05) is 12.0 Å². The molecule has 0 aliphatic carbocycles. The van der Waals surface area contributed by atoms with Gasteiger partial charge in [0.2, 0.25) is 0 Å². The first-order valence-electron chi connectivity index (χ1n) is 6.05. The van der Waals surface area contributed by atoms with E-state index in [1.807, 2.05) is 6.92 Å². The first kappa shape index (κ1) is 13.2. The maximum Gasteiger partial charge on any atom is 0.411 e. The number of hydrogen-bond acceptors (Lipinski definition) is 2. The molecule has 5 heteroatoms. The van der Waals surface area contributed by atoms with Crippen LogP contribution in [0, 0.1) is 0 Å². The van der Waals surface area contributed by atoms with Crippen LogP contribution >= 0.6 is 0 Å². The largest absolute Gasteiger partial charge is 0.493 e. The maximum atomic E-state index is 13.5. The number of alkyl halides is 3. The van der Waals surface area contributed by atoms with Gasteiger partial charge in [-0.15, -0.1) is 0 Å². The molecule has 1 aliphatic rings. The summed E-state index contributed by atoms with van der Waals surface area (Å²) in [6.07, 6.45) is -3.77. The van der Waals surface area contributed by atoms with E-state index in [0.29, 0.717) is 18.7 Å². The SMILES string of the molecule is CCCNC1(C(F)(F)F)CCOc2ccccc21. The standard InChI is InChI=1S/C13H16F3NO/c1-2-8-17-12(13(14,15)16)7-9-18-11-6-4-3-5-10(11)12/h3-6,17H,2,7-9H2,1H3. The van der Waals surface area contributed by atoms with Crippen LogP contribution in [0.25, 0.3) is 0 Å². The van der Waals surface area contributed by atoms with Crippen LogP contribution in [0.4, 0.5) is 13.2 Å². The third-order valence-corrected chi connectivity index (χ3v) is 3.24. The first-order valence-corrected chi connectivity index (χ1v) is 6.05. The Balaban J connectivity index is 2.48. The highest BCUT2D eigenvalue weighted by Gasteiger charge is 2.57. The summed E-state index contributed by atoms with van der Waals surface area (Å²) in [6, 6.07) is 6.37. The molecule has 0 amide bonds. The van der Waals surface area contributed by atoms with Crippen molar-refractivity contribution in [2.75, 3.05) is 13.2 Å². The summed E-state index contributed by atoms with van der Waals surface area (Å²) in [5.41, 5.74) is -1.78. The summed E-state index contributed by atoms with van der Waals surface area (Å²) in [4.78, 5) is 0. The van der Waals surface area contributed by atoms with Gasteiger partial charge in [-0.1, -0.05) is 25.1 Å². The molecule has 100 valence electrons. The van der Waals surface area contributed by atoms with E-state index in [1.54, 1.807) is 18.2 Å². The van der Waals surface area contributed by atoms with Gasteiger partial charge in [-0.2, -0.15) is 13.2 Å². The Morgan fingerprint density at radius 1 is 1.33 bits per heavy atom. The van der Waals surface area contributed by atoms with E-state index in [1.165, 1.54) is 6.07 Å². The number of rotatable bonds is 3. The minimum Gasteiger partial charge on any atom is -0.493 e. The Morgan fingerprint density at radius 3 is 2.72 bits per heavy atom. The zero-order valence-electron chi connectivity index (χ0n) is 10.2. The molecule has 1 unspecified atom stereocenters. The number of nitrogens with one attached hydrogen (secondary N) is 1. The Kier molecular flexibility index (Phi) is 3.52. The molecule has 1 N–H and O–H groups in total. The summed E-state index contributed by atoms with van der Waals surface area (Å²) in [7, 11) is 0. The topological polar surface area (TPSA) is 21.3 Å². The van der Waals surface area contributed by atoms with E-state index in [-0.39, 0.29) is 18.6 Å². The summed E-state index contributed by atoms with van der Waals surface area (Å²) < 4.78 is 45.8. The van der Waals surface area contributed by atoms with Crippen molar-refractivity contribution < 1.29 is 17.9 Å². The molecule has 0 fully saturated rings. The third-order valence-electron chi connectivity index (χ3n) is 3.24. The quantitative estimate of drug-likeness (QED) is 0.899. The second-order valence-electron chi connectivity index (χ2n) is 4.42. The average molecular weight is 259 g/mol. The highest BCUT2D eigenvalue weighted by Crippen LogP contribution is 2.47. The number of ether oxygens (including phenoxy) is 1. The van der Waals surface area contributed by atoms with Gasteiger partial charge >= 0.3 is 6.18 Å². The van der Waals surface area contributed by atoms with E-state index in [4.69, 9.17) is 4.74 Å². The zero-order valence-corrected chi connectivity index (χ0v) is 10.2. The Morgan fingerprint density at radius 2 is 2.06 bits per heavy atom. The molecular formula is C13H16F3NO. The van der Waals surface area contributed by atoms with Crippen LogP contribution in [0.3, 0.4) is 0 Å². The maximum absolute atomic E-state index is 13.5. The predicted octanol–water partition coefficient (Wildman–Crippen LogP) is 3.23. The molecule has 0 spiro atoms. The lowest BCUT2D eigenvalue weighted by Gasteiger charge is -2.41. The normalized spacial score (nSPS) is 23.3. The van der Waals surface area contributed by atoms with E-state index in [0.717, 1.165) is 0 Å². The molecule has 1 aromatic rings. The van der Waals surface area contributed by atoms with E-state index >= 15 is 0 Å². The van der Waals surface area contributed by atoms with Crippen molar-refractivity contribution in [1.29, 1.82) is 0 Å². The molecule has 1 aliphatic heterocycles. The molecular weight excluding hydrogens is 243 g/mol. The third kappa shape index (κ3) is 2.07. The molecule has 1 atom stereocenters. The van der Waals surface area contributed by atoms with Crippen LogP contribution in [-0.4, -0.2) is 19.3 Å². The Labute approximate surface area is 104 Å². The van der Waals surface area contributed by atoms with Gasteiger partial charge in [-0.05, 0) is 19.0 Å². The van der Waals surface area contributed by atoms with Crippen LogP contribution in [0.5, 0.6) is 5.75 Å². The zero-order chi connectivity index (χ0) is 13.2. The van der Waals surface area contributed by atoms with Gasteiger partial charge in [0.05, 0.1) is 6.61 Å². The van der Waals surface area contributed by atoms with Gasteiger partial charge in [0.25, 0.3) is 0 Å². The van der Waals surface area contributed by atoms with Crippen LogP contribution in [0.1, 0.15) is 25.3 Å². The second kappa shape index (κ2) is 4.80. The van der Waals surface area contributed by atoms with Crippen LogP contribution < -0.4 is 10.1 Å². The van der Waals surface area contributed by atoms with Crippen molar-refractivity contribution >= 4 is 0 Å². The predicted molar refractivity (Wildman–Crippen MR) is 62.6 cm³/mol. The van der Waals surface area contributed by atoms with E-state index in [9.17, 15) is 13.2 Å². The molecule has 0 radical (unpaired) electrons. The first-order chi connectivity index (χ1) is 8.51. The van der Waals surface area contributed by atoms with Crippen molar-refractivity contribution in [3.05, 3.63) is 29.8 Å². The molecule has 0 saturated heterocycles. The van der Waals surface area contributed by atoms with Gasteiger partial charge in [0.1, 0.15) is 11.3 Å². The number of benzene rings is 1. The van der Waals surface area contributed by atoms with Gasteiger partial charge in [-0.3, -0.25) is 5.32 Å². The monoisotopic (exact) mass is 259 g/mol. The van der Waals surface area contributed by atoms with Gasteiger partial charge in [0.15, 0.2) is 0 Å². The Bertz CT molecular complexity index is 419. The van der Waals surface area contributed by atoms with Crippen molar-refractivity contribution in [2.24, 2.45) is 0 Å². The average Bonchev–Trinajstić information content (AvgIpc) is 2.35. The van der Waals surface area contributed by atoms with E-state index in [2.05, 4.69) is 5.32 Å². The fraction of sp³-hybridized carbons (Fsp3) is 0.538. The lowest BCUT2D eigenvalue weighted by Crippen LogP contribution is -2.56. The highest BCUT2D eigenvalue weighted by atomic mass is 19.4. The summed E-state index contributed by atoms with van der Waals surface area (Å²) in [5.74, 6) is 0.324. The molecule has 0 aromatic heterocycles. The lowest BCUT2D eigenvalue weighted by atomic mass is 9.83. The van der Waals surface area contributed by atoms with Gasteiger partial charge < -0.3 is 4.74 Å². The second-order valence-corrected chi connectivity index (χ2v) is 4.42. The van der Waals surface area contributed by atoms with Crippen molar-refractivity contribution in [3.63, 3.8) is 0 Å². The number of para-hydroxylation sites is 1. The van der Waals surface area contributed by atoms with E-state index < -0.39 is 11.7 Å².